The van der Waals surface area contributed by atoms with Crippen LogP contribution in [0.15, 0.2) is 24.3 Å². The van der Waals surface area contributed by atoms with Crippen molar-refractivity contribution in [1.29, 1.82) is 0 Å². The Kier molecular flexibility index (Phi) is 8.12. The number of hydrogen-bond donors (Lipinski definition) is 2. The van der Waals surface area contributed by atoms with Crippen LogP contribution in [0.4, 0.5) is 5.69 Å². The third kappa shape index (κ3) is 7.68. The maximum Gasteiger partial charge on any atom is 0.306 e. The first-order chi connectivity index (χ1) is 12.5. The SMILES string of the molecule is Cc1ccc(NC(=O)COC(=O)CCCC(=O)NC2CCCCC2)cc1. The van der Waals surface area contributed by atoms with Gasteiger partial charge in [-0.05, 0) is 38.3 Å². The number of carbonyl (C=O) groups excluding carboxylic acids is 3. The Balaban J connectivity index is 1.55. The Morgan fingerprint density at radius 2 is 1.69 bits per heavy atom. The van der Waals surface area contributed by atoms with E-state index in [4.69, 9.17) is 4.74 Å². The monoisotopic (exact) mass is 360 g/mol. The molecule has 1 fully saturated rings. The molecule has 0 spiro atoms. The van der Waals surface area contributed by atoms with Gasteiger partial charge in [0, 0.05) is 24.6 Å². The minimum Gasteiger partial charge on any atom is -0.456 e. The Labute approximate surface area is 154 Å². The lowest BCUT2D eigenvalue weighted by Crippen LogP contribution is -2.36. The average molecular weight is 360 g/mol. The van der Waals surface area contributed by atoms with Crippen LogP contribution in [0.5, 0.6) is 0 Å². The standard InChI is InChI=1S/C20H28N2O4/c1-15-10-12-17(13-11-15)22-19(24)14-26-20(25)9-5-8-18(23)21-16-6-3-2-4-7-16/h10-13,16H,2-9,14H2,1H3,(H,21,23)(H,22,24). The summed E-state index contributed by atoms with van der Waals surface area (Å²) in [6.07, 6.45) is 6.54. The van der Waals surface area contributed by atoms with Crippen molar-refractivity contribution in [2.45, 2.75) is 64.3 Å². The summed E-state index contributed by atoms with van der Waals surface area (Å²) in [5.41, 5.74) is 1.76. The van der Waals surface area contributed by atoms with Crippen LogP contribution >= 0.6 is 0 Å². The average Bonchev–Trinajstić information content (AvgIpc) is 2.63. The summed E-state index contributed by atoms with van der Waals surface area (Å²) in [6.45, 7) is 1.64. The Morgan fingerprint density at radius 3 is 2.38 bits per heavy atom. The smallest absolute Gasteiger partial charge is 0.306 e. The molecular formula is C20H28N2O4. The number of amides is 2. The van der Waals surface area contributed by atoms with E-state index in [1.165, 1.54) is 19.3 Å². The molecule has 0 aliphatic heterocycles. The molecule has 6 nitrogen and oxygen atoms in total. The van der Waals surface area contributed by atoms with Crippen molar-refractivity contribution < 1.29 is 19.1 Å². The normalized spacial score (nSPS) is 14.5. The number of esters is 1. The van der Waals surface area contributed by atoms with Gasteiger partial charge in [-0.1, -0.05) is 37.0 Å². The highest BCUT2D eigenvalue weighted by Crippen LogP contribution is 2.17. The molecule has 0 atom stereocenters. The first-order valence-corrected chi connectivity index (χ1v) is 9.34. The fraction of sp³-hybridized carbons (Fsp3) is 0.550. The predicted molar refractivity (Wildman–Crippen MR) is 99.6 cm³/mol. The lowest BCUT2D eigenvalue weighted by Gasteiger charge is -2.22. The zero-order valence-corrected chi connectivity index (χ0v) is 15.4. The molecule has 1 aliphatic rings. The first-order valence-electron chi connectivity index (χ1n) is 9.34. The summed E-state index contributed by atoms with van der Waals surface area (Å²) in [4.78, 5) is 35.3. The van der Waals surface area contributed by atoms with E-state index in [1.54, 1.807) is 12.1 Å². The number of ether oxygens (including phenoxy) is 1. The van der Waals surface area contributed by atoms with E-state index in [0.717, 1.165) is 18.4 Å². The van der Waals surface area contributed by atoms with Gasteiger partial charge in [-0.3, -0.25) is 14.4 Å². The second kappa shape index (κ2) is 10.6. The van der Waals surface area contributed by atoms with Gasteiger partial charge in [-0.15, -0.1) is 0 Å². The van der Waals surface area contributed by atoms with Gasteiger partial charge >= 0.3 is 5.97 Å². The topological polar surface area (TPSA) is 84.5 Å². The van der Waals surface area contributed by atoms with Gasteiger partial charge in [0.2, 0.25) is 5.91 Å². The molecule has 2 rings (SSSR count). The van der Waals surface area contributed by atoms with Crippen LogP contribution < -0.4 is 10.6 Å². The molecule has 142 valence electrons. The summed E-state index contributed by atoms with van der Waals surface area (Å²) in [6, 6.07) is 7.65. The molecule has 6 heteroatoms. The lowest BCUT2D eigenvalue weighted by molar-refractivity contribution is -0.147. The van der Waals surface area contributed by atoms with Gasteiger partial charge in [0.25, 0.3) is 5.91 Å². The number of benzene rings is 1. The van der Waals surface area contributed by atoms with Crippen molar-refractivity contribution in [2.24, 2.45) is 0 Å². The highest BCUT2D eigenvalue weighted by molar-refractivity contribution is 5.92. The summed E-state index contributed by atoms with van der Waals surface area (Å²) in [5, 5.41) is 5.68. The Hall–Kier alpha value is -2.37. The van der Waals surface area contributed by atoms with Gasteiger partial charge in [-0.2, -0.15) is 0 Å². The highest BCUT2D eigenvalue weighted by atomic mass is 16.5. The predicted octanol–water partition coefficient (Wildman–Crippen LogP) is 3.10. The van der Waals surface area contributed by atoms with Gasteiger partial charge in [0.15, 0.2) is 6.61 Å². The minimum atomic E-state index is -0.463. The van der Waals surface area contributed by atoms with Gasteiger partial charge in [0.05, 0.1) is 0 Å². The van der Waals surface area contributed by atoms with E-state index < -0.39 is 5.97 Å². The molecule has 0 radical (unpaired) electrons. The molecule has 2 amide bonds. The number of nitrogens with one attached hydrogen (secondary N) is 2. The van der Waals surface area contributed by atoms with E-state index >= 15 is 0 Å². The molecular weight excluding hydrogens is 332 g/mol. The molecule has 0 unspecified atom stereocenters. The molecule has 1 aliphatic carbocycles. The molecule has 1 aromatic carbocycles. The van der Waals surface area contributed by atoms with Gasteiger partial charge in [0.1, 0.15) is 0 Å². The van der Waals surface area contributed by atoms with E-state index in [0.29, 0.717) is 18.5 Å². The molecule has 0 aromatic heterocycles. The lowest BCUT2D eigenvalue weighted by atomic mass is 9.95. The van der Waals surface area contributed by atoms with Crippen LogP contribution in [-0.2, 0) is 19.1 Å². The van der Waals surface area contributed by atoms with Crippen LogP contribution in [0.25, 0.3) is 0 Å². The third-order valence-electron chi connectivity index (χ3n) is 4.45. The maximum atomic E-state index is 11.9. The zero-order chi connectivity index (χ0) is 18.8. The fourth-order valence-electron chi connectivity index (χ4n) is 2.99. The molecule has 1 aromatic rings. The molecule has 0 bridgehead atoms. The van der Waals surface area contributed by atoms with Crippen LogP contribution in [0.1, 0.15) is 56.9 Å². The number of hydrogen-bond acceptors (Lipinski definition) is 4. The second-order valence-electron chi connectivity index (χ2n) is 6.83. The summed E-state index contributed by atoms with van der Waals surface area (Å²) < 4.78 is 4.95. The highest BCUT2D eigenvalue weighted by Gasteiger charge is 2.16. The first kappa shape index (κ1) is 19.9. The second-order valence-corrected chi connectivity index (χ2v) is 6.83. The number of rotatable bonds is 8. The fourth-order valence-corrected chi connectivity index (χ4v) is 2.99. The molecule has 0 heterocycles. The Morgan fingerprint density at radius 1 is 1.00 bits per heavy atom. The summed E-state index contributed by atoms with van der Waals surface area (Å²) in [5.74, 6) is -0.853. The van der Waals surface area contributed by atoms with Gasteiger partial charge < -0.3 is 15.4 Å². The molecule has 26 heavy (non-hydrogen) atoms. The third-order valence-corrected chi connectivity index (χ3v) is 4.45. The zero-order valence-electron chi connectivity index (χ0n) is 15.4. The molecule has 1 saturated carbocycles. The van der Waals surface area contributed by atoms with Crippen molar-refractivity contribution in [3.8, 4) is 0 Å². The largest absolute Gasteiger partial charge is 0.456 e. The van der Waals surface area contributed by atoms with E-state index in [2.05, 4.69) is 10.6 Å². The van der Waals surface area contributed by atoms with Crippen LogP contribution in [0, 0.1) is 6.92 Å². The van der Waals surface area contributed by atoms with Crippen molar-refractivity contribution in [3.05, 3.63) is 29.8 Å². The van der Waals surface area contributed by atoms with Crippen LogP contribution in [0.2, 0.25) is 0 Å². The summed E-state index contributed by atoms with van der Waals surface area (Å²) in [7, 11) is 0. The van der Waals surface area contributed by atoms with Crippen LogP contribution in [0.3, 0.4) is 0 Å². The number of anilines is 1. The van der Waals surface area contributed by atoms with Crippen molar-refractivity contribution >= 4 is 23.5 Å². The van der Waals surface area contributed by atoms with Crippen molar-refractivity contribution in [1.82, 2.24) is 5.32 Å². The minimum absolute atomic E-state index is 0.0122. The maximum absolute atomic E-state index is 11.9. The van der Waals surface area contributed by atoms with Gasteiger partial charge in [-0.25, -0.2) is 0 Å². The summed E-state index contributed by atoms with van der Waals surface area (Å²) >= 11 is 0. The molecule has 0 saturated heterocycles. The molecule has 2 N–H and O–H groups in total. The van der Waals surface area contributed by atoms with Crippen LogP contribution in [-0.4, -0.2) is 30.4 Å². The quantitative estimate of drug-likeness (QED) is 0.698. The van der Waals surface area contributed by atoms with E-state index in [-0.39, 0.29) is 30.9 Å². The number of carbonyl (C=O) groups is 3. The Bertz CT molecular complexity index is 607. The number of aryl methyl sites for hydroxylation is 1. The van der Waals surface area contributed by atoms with Crippen molar-refractivity contribution in [3.63, 3.8) is 0 Å². The van der Waals surface area contributed by atoms with E-state index in [9.17, 15) is 14.4 Å². The van der Waals surface area contributed by atoms with Crippen molar-refractivity contribution in [2.75, 3.05) is 11.9 Å². The van der Waals surface area contributed by atoms with E-state index in [1.807, 2.05) is 19.1 Å².